The van der Waals surface area contributed by atoms with Crippen molar-refractivity contribution < 1.29 is 4.79 Å². The van der Waals surface area contributed by atoms with Crippen molar-refractivity contribution in [1.82, 2.24) is 10.2 Å². The Bertz CT molecular complexity index is 285. The lowest BCUT2D eigenvalue weighted by Gasteiger charge is -2.26. The molecule has 1 fully saturated rings. The monoisotopic (exact) mass is 256 g/mol. The highest BCUT2D eigenvalue weighted by molar-refractivity contribution is 8.00. The maximum atomic E-state index is 12.0. The van der Waals surface area contributed by atoms with Crippen molar-refractivity contribution >= 4 is 17.8 Å². The second kappa shape index (κ2) is 6.34. The van der Waals surface area contributed by atoms with Crippen LogP contribution in [-0.4, -0.2) is 41.1 Å². The van der Waals surface area contributed by atoms with Crippen LogP contribution in [0, 0.1) is 0 Å². The molecule has 98 valence electrons. The Labute approximate surface area is 109 Å². The highest BCUT2D eigenvalue weighted by Crippen LogP contribution is 2.36. The van der Waals surface area contributed by atoms with Gasteiger partial charge in [0.05, 0.1) is 0 Å². The van der Waals surface area contributed by atoms with Crippen molar-refractivity contribution in [3.8, 4) is 0 Å². The van der Waals surface area contributed by atoms with Gasteiger partial charge in [-0.25, -0.2) is 4.79 Å². The van der Waals surface area contributed by atoms with E-state index in [1.165, 1.54) is 18.6 Å². The van der Waals surface area contributed by atoms with Crippen LogP contribution < -0.4 is 5.32 Å². The first-order valence-corrected chi connectivity index (χ1v) is 7.26. The third-order valence-electron chi connectivity index (χ3n) is 3.04. The fourth-order valence-corrected chi connectivity index (χ4v) is 3.25. The van der Waals surface area contributed by atoms with Gasteiger partial charge in [0.1, 0.15) is 0 Å². The second-order valence-corrected chi connectivity index (χ2v) is 6.71. The van der Waals surface area contributed by atoms with Gasteiger partial charge in [-0.15, -0.1) is 0 Å². The molecule has 1 aliphatic heterocycles. The molecule has 0 saturated carbocycles. The van der Waals surface area contributed by atoms with Crippen molar-refractivity contribution in [2.45, 2.75) is 38.4 Å². The number of carbonyl (C=O) groups excluding carboxylic acids is 1. The van der Waals surface area contributed by atoms with Gasteiger partial charge >= 0.3 is 6.03 Å². The lowest BCUT2D eigenvalue weighted by molar-refractivity contribution is 0.203. The van der Waals surface area contributed by atoms with Gasteiger partial charge < -0.3 is 10.2 Å². The van der Waals surface area contributed by atoms with Crippen LogP contribution >= 0.6 is 11.8 Å². The molecule has 1 heterocycles. The molecule has 0 aromatic rings. The van der Waals surface area contributed by atoms with Gasteiger partial charge in [-0.2, -0.15) is 11.8 Å². The minimum Gasteiger partial charge on any atom is -0.337 e. The van der Waals surface area contributed by atoms with Crippen LogP contribution in [0.25, 0.3) is 0 Å². The van der Waals surface area contributed by atoms with E-state index in [1.54, 1.807) is 4.90 Å². The van der Waals surface area contributed by atoms with Gasteiger partial charge in [-0.3, -0.25) is 0 Å². The lowest BCUT2D eigenvalue weighted by atomic mass is 10.1. The normalized spacial score (nSPS) is 23.5. The number of hydrogen-bond donors (Lipinski definition) is 1. The second-order valence-electron chi connectivity index (χ2n) is 5.03. The first kappa shape index (κ1) is 14.4. The summed E-state index contributed by atoms with van der Waals surface area (Å²) in [6.45, 7) is 12.2. The van der Waals surface area contributed by atoms with E-state index in [9.17, 15) is 4.79 Å². The molecule has 1 N–H and O–H groups in total. The molecule has 0 aliphatic carbocycles. The molecule has 1 rings (SSSR count). The summed E-state index contributed by atoms with van der Waals surface area (Å²) in [7, 11) is 0. The number of urea groups is 1. The van der Waals surface area contributed by atoms with Crippen LogP contribution in [0.3, 0.4) is 0 Å². The van der Waals surface area contributed by atoms with Crippen LogP contribution in [0.4, 0.5) is 4.79 Å². The number of nitrogens with one attached hydrogen (secondary N) is 1. The van der Waals surface area contributed by atoms with E-state index in [0.717, 1.165) is 18.7 Å². The molecule has 17 heavy (non-hydrogen) atoms. The molecular weight excluding hydrogens is 232 g/mol. The Morgan fingerprint density at radius 3 is 2.76 bits per heavy atom. The van der Waals surface area contributed by atoms with Crippen LogP contribution in [0.15, 0.2) is 12.2 Å². The summed E-state index contributed by atoms with van der Waals surface area (Å²) in [5.41, 5.74) is 1.02. The number of hydrogen-bond acceptors (Lipinski definition) is 2. The summed E-state index contributed by atoms with van der Waals surface area (Å²) in [6.07, 6.45) is 2.46. The zero-order chi connectivity index (χ0) is 12.9. The topological polar surface area (TPSA) is 32.3 Å². The summed E-state index contributed by atoms with van der Waals surface area (Å²) < 4.78 is 0.234. The largest absolute Gasteiger partial charge is 0.337 e. The van der Waals surface area contributed by atoms with Crippen molar-refractivity contribution in [1.29, 1.82) is 0 Å². The summed E-state index contributed by atoms with van der Waals surface area (Å²) >= 11 is 1.97. The molecule has 0 spiro atoms. The number of thioether (sulfide) groups is 1. The molecule has 1 saturated heterocycles. The van der Waals surface area contributed by atoms with Crippen molar-refractivity contribution in [2.75, 3.05) is 25.4 Å². The number of nitrogens with zero attached hydrogens (tertiary/aromatic N) is 1. The average Bonchev–Trinajstić information content (AvgIpc) is 2.70. The zero-order valence-corrected chi connectivity index (χ0v) is 12.0. The van der Waals surface area contributed by atoms with E-state index in [2.05, 4.69) is 18.8 Å². The first-order chi connectivity index (χ1) is 7.97. The Morgan fingerprint density at radius 1 is 1.59 bits per heavy atom. The quantitative estimate of drug-likeness (QED) is 0.767. The Balaban J connectivity index is 2.39. The van der Waals surface area contributed by atoms with Crippen LogP contribution in [0.5, 0.6) is 0 Å². The molecular formula is C13H24N2OS. The van der Waals surface area contributed by atoms with E-state index in [0.29, 0.717) is 6.54 Å². The molecule has 1 atom stereocenters. The van der Waals surface area contributed by atoms with E-state index in [4.69, 9.17) is 0 Å². The van der Waals surface area contributed by atoms with E-state index in [1.807, 2.05) is 25.6 Å². The van der Waals surface area contributed by atoms with Crippen LogP contribution in [0.1, 0.15) is 33.6 Å². The minimum atomic E-state index is 0.0317. The van der Waals surface area contributed by atoms with Gasteiger partial charge in [-0.05, 0) is 39.4 Å². The zero-order valence-electron chi connectivity index (χ0n) is 11.2. The molecule has 4 heteroatoms. The standard InChI is InChI=1S/C13H24N2OS/c1-5-15(9-11(2)3)12(16)14-10-13(4)7-6-8-17-13/h2,5-10H2,1,3-4H3,(H,14,16)/t13-/m1/s1. The fraction of sp³-hybridized carbons (Fsp3) is 0.769. The maximum absolute atomic E-state index is 12.0. The molecule has 2 amide bonds. The fourth-order valence-electron chi connectivity index (χ4n) is 2.00. The average molecular weight is 256 g/mol. The molecule has 0 bridgehead atoms. The Kier molecular flexibility index (Phi) is 5.37. The maximum Gasteiger partial charge on any atom is 0.317 e. The minimum absolute atomic E-state index is 0.0317. The molecule has 0 unspecified atom stereocenters. The molecule has 3 nitrogen and oxygen atoms in total. The van der Waals surface area contributed by atoms with Gasteiger partial charge in [0.2, 0.25) is 0 Å². The predicted octanol–water partition coefficient (Wildman–Crippen LogP) is 2.88. The van der Waals surface area contributed by atoms with E-state index in [-0.39, 0.29) is 10.8 Å². The smallest absolute Gasteiger partial charge is 0.317 e. The Morgan fingerprint density at radius 2 is 2.29 bits per heavy atom. The van der Waals surface area contributed by atoms with Gasteiger partial charge in [0, 0.05) is 24.4 Å². The summed E-state index contributed by atoms with van der Waals surface area (Å²) in [4.78, 5) is 13.8. The van der Waals surface area contributed by atoms with Crippen LogP contribution in [-0.2, 0) is 0 Å². The third kappa shape index (κ3) is 4.62. The van der Waals surface area contributed by atoms with E-state index < -0.39 is 0 Å². The molecule has 0 aromatic heterocycles. The summed E-state index contributed by atoms with van der Waals surface area (Å²) in [5, 5.41) is 3.05. The third-order valence-corrected chi connectivity index (χ3v) is 4.58. The number of amides is 2. The summed E-state index contributed by atoms with van der Waals surface area (Å²) in [6, 6.07) is 0.0317. The highest BCUT2D eigenvalue weighted by Gasteiger charge is 2.30. The molecule has 1 aliphatic rings. The molecule has 0 aromatic carbocycles. The van der Waals surface area contributed by atoms with Crippen LogP contribution in [0.2, 0.25) is 0 Å². The van der Waals surface area contributed by atoms with Gasteiger partial charge in [0.15, 0.2) is 0 Å². The predicted molar refractivity (Wildman–Crippen MR) is 75.6 cm³/mol. The lowest BCUT2D eigenvalue weighted by Crippen LogP contribution is -2.45. The van der Waals surface area contributed by atoms with Crippen molar-refractivity contribution in [2.24, 2.45) is 0 Å². The van der Waals surface area contributed by atoms with Crippen molar-refractivity contribution in [3.63, 3.8) is 0 Å². The highest BCUT2D eigenvalue weighted by atomic mass is 32.2. The molecule has 0 radical (unpaired) electrons. The van der Waals surface area contributed by atoms with Gasteiger partial charge in [0.25, 0.3) is 0 Å². The van der Waals surface area contributed by atoms with E-state index >= 15 is 0 Å². The SMILES string of the molecule is C=C(C)CN(CC)C(=O)NC[C@@]1(C)CCCS1. The number of likely N-dealkylation sites (N-methyl/N-ethyl adjacent to an activating group) is 1. The van der Waals surface area contributed by atoms with Crippen molar-refractivity contribution in [3.05, 3.63) is 12.2 Å². The number of rotatable bonds is 5. The summed E-state index contributed by atoms with van der Waals surface area (Å²) in [5.74, 6) is 1.22. The number of carbonyl (C=O) groups is 1. The van der Waals surface area contributed by atoms with Gasteiger partial charge in [-0.1, -0.05) is 12.2 Å². The Hall–Kier alpha value is -0.640. The first-order valence-electron chi connectivity index (χ1n) is 6.28.